The van der Waals surface area contributed by atoms with E-state index < -0.39 is 11.1 Å². The van der Waals surface area contributed by atoms with Gasteiger partial charge in [-0.15, -0.1) is 0 Å². The molecule has 0 aliphatic rings. The topological polar surface area (TPSA) is 75.2 Å². The van der Waals surface area contributed by atoms with Crippen LogP contribution in [0, 0.1) is 0 Å². The molecule has 1 heterocycles. The van der Waals surface area contributed by atoms with Gasteiger partial charge in [0, 0.05) is 25.2 Å². The fourth-order valence-corrected chi connectivity index (χ4v) is 3.87. The van der Waals surface area contributed by atoms with Crippen molar-refractivity contribution < 1.29 is 4.79 Å². The molecule has 4 aromatic rings. The fourth-order valence-electron chi connectivity index (χ4n) is 3.87. The first-order chi connectivity index (χ1) is 15.6. The normalized spacial score (nSPS) is 10.9. The van der Waals surface area contributed by atoms with Crippen LogP contribution < -0.4 is 11.1 Å². The van der Waals surface area contributed by atoms with Crippen molar-refractivity contribution in [3.05, 3.63) is 116 Å². The highest BCUT2D eigenvalue weighted by molar-refractivity contribution is 5.97. The third-order valence-electron chi connectivity index (χ3n) is 5.55. The van der Waals surface area contributed by atoms with Crippen molar-refractivity contribution in [2.75, 3.05) is 6.54 Å². The number of benzene rings is 3. The summed E-state index contributed by atoms with van der Waals surface area (Å²) in [6, 6.07) is 25.0. The third-order valence-corrected chi connectivity index (χ3v) is 5.55. The highest BCUT2D eigenvalue weighted by atomic mass is 16.2. The van der Waals surface area contributed by atoms with E-state index in [0.29, 0.717) is 36.2 Å². The smallest absolute Gasteiger partial charge is 0.316 e. The van der Waals surface area contributed by atoms with Gasteiger partial charge >= 0.3 is 11.1 Å². The maximum absolute atomic E-state index is 13.5. The molecule has 0 fully saturated rings. The minimum absolute atomic E-state index is 0.123. The first-order valence-electron chi connectivity index (χ1n) is 10.7. The summed E-state index contributed by atoms with van der Waals surface area (Å²) in [6.07, 6.45) is 0.735. The van der Waals surface area contributed by atoms with Crippen molar-refractivity contribution in [1.82, 2.24) is 14.5 Å². The second-order valence-corrected chi connectivity index (χ2v) is 7.68. The van der Waals surface area contributed by atoms with Crippen molar-refractivity contribution in [3.63, 3.8) is 0 Å². The summed E-state index contributed by atoms with van der Waals surface area (Å²) in [5.41, 5.74) is 2.48. The lowest BCUT2D eigenvalue weighted by Gasteiger charge is -2.23. The number of H-pyrrole nitrogens is 1. The maximum atomic E-state index is 13.5. The average Bonchev–Trinajstić information content (AvgIpc) is 2.83. The quantitative estimate of drug-likeness (QED) is 0.458. The number of aromatic nitrogens is 2. The van der Waals surface area contributed by atoms with E-state index in [1.54, 1.807) is 18.2 Å². The number of hydrogen-bond donors (Lipinski definition) is 1. The molecule has 1 aromatic heterocycles. The molecule has 0 saturated carbocycles. The molecule has 0 atom stereocenters. The molecule has 0 unspecified atom stereocenters. The van der Waals surface area contributed by atoms with Crippen molar-refractivity contribution in [2.45, 2.75) is 26.4 Å². The van der Waals surface area contributed by atoms with Crippen LogP contribution in [0.3, 0.4) is 0 Å². The molecule has 6 heteroatoms. The van der Waals surface area contributed by atoms with Gasteiger partial charge < -0.3 is 14.5 Å². The van der Waals surface area contributed by atoms with E-state index in [2.05, 4.69) is 17.1 Å². The standard InChI is InChI=1S/C26H25N3O3/c1-2-29-23-14-13-21(17-22(23)27-24(30)26(29)32)25(31)28(18-20-11-7-4-8-12-20)16-15-19-9-5-3-6-10-19/h3-14,17H,2,15-16,18H2,1H3,(H,27,30). The summed E-state index contributed by atoms with van der Waals surface area (Å²) >= 11 is 0. The van der Waals surface area contributed by atoms with E-state index >= 15 is 0 Å². The fraction of sp³-hybridized carbons (Fsp3) is 0.192. The van der Waals surface area contributed by atoms with Gasteiger partial charge in [0.25, 0.3) is 5.91 Å². The zero-order valence-corrected chi connectivity index (χ0v) is 18.0. The van der Waals surface area contributed by atoms with Crippen LogP contribution in [0.2, 0.25) is 0 Å². The molecule has 162 valence electrons. The predicted molar refractivity (Wildman–Crippen MR) is 126 cm³/mol. The SMILES string of the molecule is CCn1c(=O)c(=O)[nH]c2cc(C(=O)N(CCc3ccccc3)Cc3ccccc3)ccc21. The van der Waals surface area contributed by atoms with Crippen molar-refractivity contribution >= 4 is 16.9 Å². The van der Waals surface area contributed by atoms with Crippen LogP contribution in [0.5, 0.6) is 0 Å². The van der Waals surface area contributed by atoms with Crippen LogP contribution in [-0.2, 0) is 19.5 Å². The van der Waals surface area contributed by atoms with Gasteiger partial charge in [-0.1, -0.05) is 60.7 Å². The lowest BCUT2D eigenvalue weighted by molar-refractivity contribution is 0.0745. The third kappa shape index (κ3) is 4.54. The highest BCUT2D eigenvalue weighted by Crippen LogP contribution is 2.16. The molecular weight excluding hydrogens is 402 g/mol. The molecule has 6 nitrogen and oxygen atoms in total. The number of carbonyl (C=O) groups is 1. The van der Waals surface area contributed by atoms with Gasteiger partial charge in [0.05, 0.1) is 11.0 Å². The summed E-state index contributed by atoms with van der Waals surface area (Å²) in [7, 11) is 0. The Morgan fingerprint density at radius 3 is 2.22 bits per heavy atom. The molecule has 1 amide bonds. The molecular formula is C26H25N3O3. The number of aromatic amines is 1. The second kappa shape index (κ2) is 9.47. The monoisotopic (exact) mass is 427 g/mol. The molecule has 0 aliphatic heterocycles. The predicted octanol–water partition coefficient (Wildman–Crippen LogP) is 3.59. The van der Waals surface area contributed by atoms with Gasteiger partial charge in [-0.25, -0.2) is 0 Å². The van der Waals surface area contributed by atoms with Gasteiger partial charge in [-0.05, 0) is 42.7 Å². The van der Waals surface area contributed by atoms with Gasteiger partial charge in [0.15, 0.2) is 0 Å². The Morgan fingerprint density at radius 1 is 0.906 bits per heavy atom. The number of nitrogens with zero attached hydrogens (tertiary/aromatic N) is 2. The second-order valence-electron chi connectivity index (χ2n) is 7.68. The van der Waals surface area contributed by atoms with Crippen LogP contribution in [0.1, 0.15) is 28.4 Å². The van der Waals surface area contributed by atoms with E-state index in [-0.39, 0.29) is 5.91 Å². The largest absolute Gasteiger partial charge is 0.334 e. The molecule has 0 saturated heterocycles. The van der Waals surface area contributed by atoms with Crippen molar-refractivity contribution in [1.29, 1.82) is 0 Å². The number of fused-ring (bicyclic) bond motifs is 1. The molecule has 1 N–H and O–H groups in total. The van der Waals surface area contributed by atoms with E-state index in [1.165, 1.54) is 4.57 Å². The van der Waals surface area contributed by atoms with Gasteiger partial charge in [-0.2, -0.15) is 0 Å². The zero-order chi connectivity index (χ0) is 22.5. The molecule has 32 heavy (non-hydrogen) atoms. The van der Waals surface area contributed by atoms with Crippen molar-refractivity contribution in [3.8, 4) is 0 Å². The summed E-state index contributed by atoms with van der Waals surface area (Å²) in [5.74, 6) is -0.123. The summed E-state index contributed by atoms with van der Waals surface area (Å²) in [6.45, 7) is 3.23. The zero-order valence-electron chi connectivity index (χ0n) is 18.0. The van der Waals surface area contributed by atoms with Gasteiger partial charge in [0.2, 0.25) is 0 Å². The Kier molecular flexibility index (Phi) is 6.31. The van der Waals surface area contributed by atoms with Crippen LogP contribution >= 0.6 is 0 Å². The number of amides is 1. The molecule has 0 radical (unpaired) electrons. The Labute approximate surface area is 185 Å². The minimum atomic E-state index is -0.686. The average molecular weight is 428 g/mol. The number of hydrogen-bond acceptors (Lipinski definition) is 3. The number of aryl methyl sites for hydroxylation is 1. The van der Waals surface area contributed by atoms with Crippen LogP contribution in [0.15, 0.2) is 88.5 Å². The molecule has 0 bridgehead atoms. The Bertz CT molecular complexity index is 1340. The summed E-state index contributed by atoms with van der Waals surface area (Å²) < 4.78 is 1.42. The maximum Gasteiger partial charge on any atom is 0.316 e. The van der Waals surface area contributed by atoms with E-state index in [0.717, 1.165) is 17.5 Å². The van der Waals surface area contributed by atoms with Crippen LogP contribution in [0.25, 0.3) is 11.0 Å². The Balaban J connectivity index is 1.67. The number of rotatable bonds is 7. The first-order valence-corrected chi connectivity index (χ1v) is 10.7. The van der Waals surface area contributed by atoms with Crippen molar-refractivity contribution in [2.24, 2.45) is 0 Å². The summed E-state index contributed by atoms with van der Waals surface area (Å²) in [5, 5.41) is 0. The number of carbonyl (C=O) groups excluding carboxylic acids is 1. The molecule has 4 rings (SSSR count). The summed E-state index contributed by atoms with van der Waals surface area (Å²) in [4.78, 5) is 42.1. The Morgan fingerprint density at radius 2 is 1.56 bits per heavy atom. The number of nitrogens with one attached hydrogen (secondary N) is 1. The lowest BCUT2D eigenvalue weighted by Crippen LogP contribution is -2.36. The molecule has 0 spiro atoms. The van der Waals surface area contributed by atoms with E-state index in [4.69, 9.17) is 0 Å². The first kappa shape index (κ1) is 21.3. The van der Waals surface area contributed by atoms with Crippen LogP contribution in [-0.4, -0.2) is 26.9 Å². The minimum Gasteiger partial charge on any atom is -0.334 e. The molecule has 3 aromatic carbocycles. The van der Waals surface area contributed by atoms with E-state index in [9.17, 15) is 14.4 Å². The van der Waals surface area contributed by atoms with Gasteiger partial charge in [-0.3, -0.25) is 14.4 Å². The van der Waals surface area contributed by atoms with Gasteiger partial charge in [0.1, 0.15) is 0 Å². The Hall–Kier alpha value is -3.93. The van der Waals surface area contributed by atoms with E-state index in [1.807, 2.05) is 60.4 Å². The van der Waals surface area contributed by atoms with Crippen LogP contribution in [0.4, 0.5) is 0 Å². The highest BCUT2D eigenvalue weighted by Gasteiger charge is 2.18. The lowest BCUT2D eigenvalue weighted by atomic mass is 10.1. The molecule has 0 aliphatic carbocycles.